The summed E-state index contributed by atoms with van der Waals surface area (Å²) in [6.07, 6.45) is -0.779. The van der Waals surface area contributed by atoms with E-state index >= 15 is 0 Å². The Morgan fingerprint density at radius 3 is 2.22 bits per heavy atom. The number of aliphatic hydroxyl groups is 1. The Bertz CT molecular complexity index is 428. The molecule has 5 nitrogen and oxygen atoms in total. The molecule has 100 valence electrons. The van der Waals surface area contributed by atoms with E-state index < -0.39 is 12.1 Å². The minimum Gasteiger partial charge on any atom is -0.496 e. The number of hydrogen-bond donors (Lipinski definition) is 1. The van der Waals surface area contributed by atoms with Crippen LogP contribution in [0.2, 0.25) is 0 Å². The maximum atomic E-state index is 11.5. The molecule has 0 aliphatic rings. The molecule has 0 aliphatic carbocycles. The summed E-state index contributed by atoms with van der Waals surface area (Å²) in [6, 6.07) is 3.39. The predicted octanol–water partition coefficient (Wildman–Crippen LogP) is 1.47. The van der Waals surface area contributed by atoms with Crippen molar-refractivity contribution in [3.63, 3.8) is 0 Å². The minimum absolute atomic E-state index is 0.395. The van der Waals surface area contributed by atoms with Gasteiger partial charge in [-0.2, -0.15) is 0 Å². The van der Waals surface area contributed by atoms with Crippen LogP contribution in [0.3, 0.4) is 0 Å². The summed E-state index contributed by atoms with van der Waals surface area (Å²) < 4.78 is 15.0. The van der Waals surface area contributed by atoms with Gasteiger partial charge in [0.1, 0.15) is 11.5 Å². The smallest absolute Gasteiger partial charge is 0.339 e. The van der Waals surface area contributed by atoms with Crippen molar-refractivity contribution in [2.24, 2.45) is 0 Å². The van der Waals surface area contributed by atoms with Gasteiger partial charge in [-0.05, 0) is 18.6 Å². The van der Waals surface area contributed by atoms with E-state index in [1.165, 1.54) is 21.3 Å². The molecule has 1 aromatic carbocycles. The average molecular weight is 254 g/mol. The summed E-state index contributed by atoms with van der Waals surface area (Å²) in [7, 11) is 4.24. The number of carbonyl (C=O) groups excluding carboxylic acids is 1. The van der Waals surface area contributed by atoms with Crippen LogP contribution >= 0.6 is 0 Å². The molecule has 0 saturated heterocycles. The minimum atomic E-state index is -1.38. The summed E-state index contributed by atoms with van der Waals surface area (Å²) in [6.45, 7) is 1.91. The van der Waals surface area contributed by atoms with Gasteiger partial charge in [-0.1, -0.05) is 6.92 Å². The quantitative estimate of drug-likeness (QED) is 0.806. The molecule has 1 aromatic rings. The number of hydrogen-bond acceptors (Lipinski definition) is 5. The van der Waals surface area contributed by atoms with Gasteiger partial charge in [0.15, 0.2) is 6.10 Å². The number of carbonyl (C=O) groups is 1. The van der Waals surface area contributed by atoms with Crippen LogP contribution in [0.5, 0.6) is 11.5 Å². The van der Waals surface area contributed by atoms with Gasteiger partial charge < -0.3 is 19.3 Å². The van der Waals surface area contributed by atoms with E-state index in [4.69, 9.17) is 9.47 Å². The molecule has 1 atom stereocenters. The fourth-order valence-corrected chi connectivity index (χ4v) is 1.89. The summed E-state index contributed by atoms with van der Waals surface area (Å²) in [5.41, 5.74) is 1.13. The highest BCUT2D eigenvalue weighted by Crippen LogP contribution is 2.35. The largest absolute Gasteiger partial charge is 0.496 e. The van der Waals surface area contributed by atoms with Crippen LogP contribution in [0, 0.1) is 0 Å². The lowest BCUT2D eigenvalue weighted by Crippen LogP contribution is -2.16. The fourth-order valence-electron chi connectivity index (χ4n) is 1.89. The molecule has 1 unspecified atom stereocenters. The second-order valence-electron chi connectivity index (χ2n) is 3.64. The molecule has 0 aromatic heterocycles. The van der Waals surface area contributed by atoms with Crippen LogP contribution < -0.4 is 9.47 Å². The molecular weight excluding hydrogens is 236 g/mol. The molecule has 18 heavy (non-hydrogen) atoms. The Balaban J connectivity index is 3.40. The SMILES string of the molecule is CCc1c(OC)ccc(OC)c1C(O)C(=O)OC. The van der Waals surface area contributed by atoms with Crippen LogP contribution in [0.25, 0.3) is 0 Å². The zero-order chi connectivity index (χ0) is 13.7. The van der Waals surface area contributed by atoms with Gasteiger partial charge in [0.25, 0.3) is 0 Å². The van der Waals surface area contributed by atoms with Crippen molar-refractivity contribution in [1.82, 2.24) is 0 Å². The van der Waals surface area contributed by atoms with Gasteiger partial charge >= 0.3 is 5.97 Å². The molecule has 0 fully saturated rings. The lowest BCUT2D eigenvalue weighted by molar-refractivity contribution is -0.150. The molecule has 0 saturated carbocycles. The zero-order valence-electron chi connectivity index (χ0n) is 11.0. The first-order chi connectivity index (χ1) is 8.60. The van der Waals surface area contributed by atoms with Crippen LogP contribution in [-0.2, 0) is 16.0 Å². The Labute approximate surface area is 106 Å². The van der Waals surface area contributed by atoms with Crippen LogP contribution in [0.1, 0.15) is 24.2 Å². The average Bonchev–Trinajstić information content (AvgIpc) is 2.43. The third-order valence-corrected chi connectivity index (χ3v) is 2.77. The van der Waals surface area contributed by atoms with Crippen molar-refractivity contribution >= 4 is 5.97 Å². The number of esters is 1. The molecule has 0 radical (unpaired) electrons. The topological polar surface area (TPSA) is 65.0 Å². The first-order valence-corrected chi connectivity index (χ1v) is 5.60. The first-order valence-electron chi connectivity index (χ1n) is 5.60. The summed E-state index contributed by atoms with van der Waals surface area (Å²) >= 11 is 0. The summed E-state index contributed by atoms with van der Waals surface area (Å²) in [4.78, 5) is 11.5. The summed E-state index contributed by atoms with van der Waals surface area (Å²) in [5, 5.41) is 10.0. The van der Waals surface area contributed by atoms with Gasteiger partial charge in [0, 0.05) is 11.1 Å². The normalized spacial score (nSPS) is 11.8. The highest BCUT2D eigenvalue weighted by atomic mass is 16.5. The molecule has 1 N–H and O–H groups in total. The maximum absolute atomic E-state index is 11.5. The van der Waals surface area contributed by atoms with E-state index in [1.54, 1.807) is 12.1 Å². The molecule has 0 aliphatic heterocycles. The first kappa shape index (κ1) is 14.3. The van der Waals surface area contributed by atoms with Crippen molar-refractivity contribution in [1.29, 1.82) is 0 Å². The standard InChI is InChI=1S/C13H18O5/c1-5-8-9(16-2)6-7-10(17-3)11(8)12(14)13(15)18-4/h6-7,12,14H,5H2,1-4H3. The molecule has 0 spiro atoms. The highest BCUT2D eigenvalue weighted by molar-refractivity contribution is 5.78. The van der Waals surface area contributed by atoms with E-state index in [9.17, 15) is 9.90 Å². The Morgan fingerprint density at radius 2 is 1.78 bits per heavy atom. The molecule has 5 heteroatoms. The molecule has 1 rings (SSSR count). The van der Waals surface area contributed by atoms with Crippen LogP contribution in [0.15, 0.2) is 12.1 Å². The Morgan fingerprint density at radius 1 is 1.22 bits per heavy atom. The van der Waals surface area contributed by atoms with E-state index in [0.29, 0.717) is 23.5 Å². The van der Waals surface area contributed by atoms with Gasteiger partial charge in [0.05, 0.1) is 21.3 Å². The number of rotatable bonds is 5. The molecular formula is C13H18O5. The number of ether oxygens (including phenoxy) is 3. The number of aliphatic hydroxyl groups excluding tert-OH is 1. The zero-order valence-corrected chi connectivity index (χ0v) is 11.0. The van der Waals surface area contributed by atoms with Crippen LogP contribution in [-0.4, -0.2) is 32.4 Å². The number of benzene rings is 1. The van der Waals surface area contributed by atoms with Crippen molar-refractivity contribution in [2.75, 3.05) is 21.3 Å². The van der Waals surface area contributed by atoms with E-state index in [2.05, 4.69) is 4.74 Å². The van der Waals surface area contributed by atoms with Gasteiger partial charge in [-0.25, -0.2) is 4.79 Å². The molecule has 0 bridgehead atoms. The Kier molecular flexibility index (Phi) is 4.97. The maximum Gasteiger partial charge on any atom is 0.339 e. The van der Waals surface area contributed by atoms with E-state index in [-0.39, 0.29) is 0 Å². The van der Waals surface area contributed by atoms with Crippen molar-refractivity contribution in [3.05, 3.63) is 23.3 Å². The Hall–Kier alpha value is -1.75. The van der Waals surface area contributed by atoms with Gasteiger partial charge in [0.2, 0.25) is 0 Å². The second kappa shape index (κ2) is 6.26. The lowest BCUT2D eigenvalue weighted by Gasteiger charge is -2.19. The predicted molar refractivity (Wildman–Crippen MR) is 65.9 cm³/mol. The summed E-state index contributed by atoms with van der Waals surface area (Å²) in [5.74, 6) is 0.318. The monoisotopic (exact) mass is 254 g/mol. The third-order valence-electron chi connectivity index (χ3n) is 2.77. The molecule has 0 heterocycles. The van der Waals surface area contributed by atoms with E-state index in [0.717, 1.165) is 5.56 Å². The van der Waals surface area contributed by atoms with Crippen molar-refractivity contribution in [2.45, 2.75) is 19.4 Å². The molecule has 0 amide bonds. The lowest BCUT2D eigenvalue weighted by atomic mass is 9.98. The van der Waals surface area contributed by atoms with Gasteiger partial charge in [-0.3, -0.25) is 0 Å². The highest BCUT2D eigenvalue weighted by Gasteiger charge is 2.26. The number of methoxy groups -OCH3 is 3. The van der Waals surface area contributed by atoms with Gasteiger partial charge in [-0.15, -0.1) is 0 Å². The third kappa shape index (κ3) is 2.56. The van der Waals surface area contributed by atoms with Crippen molar-refractivity contribution in [3.8, 4) is 11.5 Å². The van der Waals surface area contributed by atoms with Crippen LogP contribution in [0.4, 0.5) is 0 Å². The van der Waals surface area contributed by atoms with E-state index in [1.807, 2.05) is 6.92 Å². The fraction of sp³-hybridized carbons (Fsp3) is 0.462. The second-order valence-corrected chi connectivity index (χ2v) is 3.64. The van der Waals surface area contributed by atoms with Crippen molar-refractivity contribution < 1.29 is 24.1 Å².